The van der Waals surface area contributed by atoms with E-state index in [2.05, 4.69) is 9.97 Å². The van der Waals surface area contributed by atoms with Crippen LogP contribution in [0.25, 0.3) is 0 Å². The quantitative estimate of drug-likeness (QED) is 0.629. The Labute approximate surface area is 92.1 Å². The first kappa shape index (κ1) is 10.4. The number of carboxylic acids is 1. The normalized spacial score (nSPS) is 16.1. The second-order valence-electron chi connectivity index (χ2n) is 3.59. The molecule has 0 unspecified atom stereocenters. The molecule has 0 atom stereocenters. The molecule has 0 bridgehead atoms. The van der Waals surface area contributed by atoms with Crippen LogP contribution in [-0.2, 0) is 0 Å². The Kier molecular flexibility index (Phi) is 2.90. The van der Waals surface area contributed by atoms with Gasteiger partial charge in [0, 0.05) is 12.0 Å². The summed E-state index contributed by atoms with van der Waals surface area (Å²) in [5.74, 6) is 0.0916. The molecule has 15 heavy (non-hydrogen) atoms. The fourth-order valence-corrected chi connectivity index (χ4v) is 1.92. The average Bonchev–Trinajstić information content (AvgIpc) is 2.14. The highest BCUT2D eigenvalue weighted by Crippen LogP contribution is 2.34. The molecular weight excluding hydrogens is 212 g/mol. The van der Waals surface area contributed by atoms with E-state index in [1.807, 2.05) is 6.26 Å². The van der Waals surface area contributed by atoms with E-state index < -0.39 is 5.97 Å². The highest BCUT2D eigenvalue weighted by atomic mass is 32.2. The van der Waals surface area contributed by atoms with Gasteiger partial charge in [0.1, 0.15) is 10.9 Å². The molecule has 2 rings (SSSR count). The fraction of sp³-hybridized carbons (Fsp3) is 0.500. The molecule has 1 aliphatic carbocycles. The Morgan fingerprint density at radius 2 is 2.27 bits per heavy atom. The highest BCUT2D eigenvalue weighted by molar-refractivity contribution is 7.98. The Balaban J connectivity index is 2.36. The van der Waals surface area contributed by atoms with Gasteiger partial charge < -0.3 is 5.11 Å². The van der Waals surface area contributed by atoms with Crippen molar-refractivity contribution in [3.8, 4) is 0 Å². The lowest BCUT2D eigenvalue weighted by Crippen LogP contribution is -2.15. The van der Waals surface area contributed by atoms with Crippen LogP contribution < -0.4 is 0 Å². The number of carboxylic acid groups (broad SMARTS) is 1. The maximum absolute atomic E-state index is 10.9. The molecule has 80 valence electrons. The molecule has 1 aliphatic rings. The molecule has 5 heteroatoms. The first-order valence-electron chi connectivity index (χ1n) is 4.87. The number of aromatic carboxylic acids is 1. The minimum atomic E-state index is -0.978. The van der Waals surface area contributed by atoms with E-state index in [0.29, 0.717) is 11.7 Å². The van der Waals surface area contributed by atoms with Gasteiger partial charge in [-0.25, -0.2) is 14.8 Å². The van der Waals surface area contributed by atoms with E-state index in [0.717, 1.165) is 17.9 Å². The number of aromatic nitrogens is 2. The first-order valence-corrected chi connectivity index (χ1v) is 6.09. The highest BCUT2D eigenvalue weighted by Gasteiger charge is 2.24. The number of rotatable bonds is 3. The molecule has 1 saturated carbocycles. The molecule has 0 radical (unpaired) electrons. The van der Waals surface area contributed by atoms with E-state index in [4.69, 9.17) is 5.11 Å². The van der Waals surface area contributed by atoms with Crippen LogP contribution in [0.5, 0.6) is 0 Å². The van der Waals surface area contributed by atoms with Crippen LogP contribution in [0.1, 0.15) is 41.5 Å². The standard InChI is InChI=1S/C10H12N2O2S/c1-15-8-5-7(10(13)14)11-9(12-8)6-3-2-4-6/h5-6H,2-4H2,1H3,(H,13,14). The van der Waals surface area contributed by atoms with E-state index in [-0.39, 0.29) is 5.69 Å². The molecule has 0 aliphatic heterocycles. The number of thioether (sulfide) groups is 1. The van der Waals surface area contributed by atoms with Crippen LogP contribution in [0.3, 0.4) is 0 Å². The summed E-state index contributed by atoms with van der Waals surface area (Å²) in [4.78, 5) is 19.3. The van der Waals surface area contributed by atoms with Crippen LogP contribution in [-0.4, -0.2) is 27.3 Å². The monoisotopic (exact) mass is 224 g/mol. The van der Waals surface area contributed by atoms with Gasteiger partial charge in [-0.15, -0.1) is 11.8 Å². The summed E-state index contributed by atoms with van der Waals surface area (Å²) in [5, 5.41) is 9.64. The Hall–Kier alpha value is -1.10. The smallest absolute Gasteiger partial charge is 0.354 e. The second kappa shape index (κ2) is 4.18. The minimum absolute atomic E-state index is 0.108. The van der Waals surface area contributed by atoms with Crippen molar-refractivity contribution in [1.29, 1.82) is 0 Å². The summed E-state index contributed by atoms with van der Waals surface area (Å²) in [7, 11) is 0. The third-order valence-electron chi connectivity index (χ3n) is 2.62. The number of carbonyl (C=O) groups is 1. The van der Waals surface area contributed by atoms with E-state index >= 15 is 0 Å². The lowest BCUT2D eigenvalue weighted by atomic mass is 9.85. The molecule has 1 aromatic rings. The molecule has 0 saturated heterocycles. The lowest BCUT2D eigenvalue weighted by Gasteiger charge is -2.24. The summed E-state index contributed by atoms with van der Waals surface area (Å²) in [5.41, 5.74) is 0.108. The molecule has 0 spiro atoms. The third-order valence-corrected chi connectivity index (χ3v) is 3.25. The maximum atomic E-state index is 10.9. The molecule has 0 amide bonds. The molecular formula is C10H12N2O2S. The van der Waals surface area contributed by atoms with Gasteiger partial charge in [-0.2, -0.15) is 0 Å². The van der Waals surface area contributed by atoms with Gasteiger partial charge in [0.05, 0.1) is 0 Å². The first-order chi connectivity index (χ1) is 7.20. The van der Waals surface area contributed by atoms with E-state index in [1.165, 1.54) is 24.2 Å². The van der Waals surface area contributed by atoms with Crippen molar-refractivity contribution >= 4 is 17.7 Å². The van der Waals surface area contributed by atoms with Crippen LogP contribution in [0.4, 0.5) is 0 Å². The van der Waals surface area contributed by atoms with E-state index in [9.17, 15) is 4.79 Å². The zero-order valence-corrected chi connectivity index (χ0v) is 9.25. The van der Waals surface area contributed by atoms with Gasteiger partial charge >= 0.3 is 5.97 Å². The van der Waals surface area contributed by atoms with Gasteiger partial charge in [-0.3, -0.25) is 0 Å². The number of nitrogens with zero attached hydrogens (tertiary/aromatic N) is 2. The van der Waals surface area contributed by atoms with Gasteiger partial charge in [0.2, 0.25) is 0 Å². The molecule has 4 nitrogen and oxygen atoms in total. The van der Waals surface area contributed by atoms with Gasteiger partial charge in [0.15, 0.2) is 5.69 Å². The predicted molar refractivity (Wildman–Crippen MR) is 57.4 cm³/mol. The molecule has 1 fully saturated rings. The SMILES string of the molecule is CSc1cc(C(=O)O)nc(C2CCC2)n1. The van der Waals surface area contributed by atoms with Crippen molar-refractivity contribution < 1.29 is 9.90 Å². The largest absolute Gasteiger partial charge is 0.477 e. The zero-order valence-electron chi connectivity index (χ0n) is 8.43. The van der Waals surface area contributed by atoms with Crippen molar-refractivity contribution in [3.05, 3.63) is 17.6 Å². The predicted octanol–water partition coefficient (Wildman–Crippen LogP) is 2.16. The molecule has 1 aromatic heterocycles. The summed E-state index contributed by atoms with van der Waals surface area (Å²) in [6, 6.07) is 1.52. The topological polar surface area (TPSA) is 63.1 Å². The van der Waals surface area contributed by atoms with Gasteiger partial charge in [0.25, 0.3) is 0 Å². The van der Waals surface area contributed by atoms with Crippen LogP contribution in [0.15, 0.2) is 11.1 Å². The Morgan fingerprint density at radius 1 is 1.53 bits per heavy atom. The lowest BCUT2D eigenvalue weighted by molar-refractivity contribution is 0.0689. The minimum Gasteiger partial charge on any atom is -0.477 e. The zero-order chi connectivity index (χ0) is 10.8. The van der Waals surface area contributed by atoms with Crippen molar-refractivity contribution in [2.45, 2.75) is 30.2 Å². The van der Waals surface area contributed by atoms with E-state index in [1.54, 1.807) is 0 Å². The summed E-state index contributed by atoms with van der Waals surface area (Å²) < 4.78 is 0. The Bertz CT molecular complexity index is 391. The van der Waals surface area contributed by atoms with Crippen molar-refractivity contribution in [2.75, 3.05) is 6.26 Å². The summed E-state index contributed by atoms with van der Waals surface area (Å²) in [6.07, 6.45) is 5.24. The fourth-order valence-electron chi connectivity index (χ4n) is 1.51. The van der Waals surface area contributed by atoms with Crippen molar-refractivity contribution in [1.82, 2.24) is 9.97 Å². The van der Waals surface area contributed by atoms with Gasteiger partial charge in [-0.05, 0) is 19.1 Å². The second-order valence-corrected chi connectivity index (χ2v) is 4.41. The van der Waals surface area contributed by atoms with Crippen LogP contribution >= 0.6 is 11.8 Å². The van der Waals surface area contributed by atoms with Crippen molar-refractivity contribution in [3.63, 3.8) is 0 Å². The molecule has 1 N–H and O–H groups in total. The molecule has 1 heterocycles. The number of hydrogen-bond acceptors (Lipinski definition) is 4. The third kappa shape index (κ3) is 2.12. The maximum Gasteiger partial charge on any atom is 0.354 e. The van der Waals surface area contributed by atoms with Gasteiger partial charge in [-0.1, -0.05) is 6.42 Å². The number of hydrogen-bond donors (Lipinski definition) is 1. The van der Waals surface area contributed by atoms with Crippen LogP contribution in [0.2, 0.25) is 0 Å². The summed E-state index contributed by atoms with van der Waals surface area (Å²) >= 11 is 1.45. The summed E-state index contributed by atoms with van der Waals surface area (Å²) in [6.45, 7) is 0. The van der Waals surface area contributed by atoms with Crippen LogP contribution in [0, 0.1) is 0 Å². The van der Waals surface area contributed by atoms with Crippen molar-refractivity contribution in [2.24, 2.45) is 0 Å². The average molecular weight is 224 g/mol. The Morgan fingerprint density at radius 3 is 2.73 bits per heavy atom. The molecule has 0 aromatic carbocycles.